The molecule has 156 valence electrons. The fraction of sp³-hybridized carbons (Fsp3) is 0.150. The third kappa shape index (κ3) is 4.17. The number of hydrogen-bond donors (Lipinski definition) is 1. The fourth-order valence-electron chi connectivity index (χ4n) is 2.90. The quantitative estimate of drug-likeness (QED) is 0.633. The van der Waals surface area contributed by atoms with Crippen LogP contribution in [0.1, 0.15) is 12.6 Å². The van der Waals surface area contributed by atoms with E-state index in [9.17, 15) is 21.6 Å². The van der Waals surface area contributed by atoms with Crippen LogP contribution in [0.2, 0.25) is 0 Å². The Labute approximate surface area is 171 Å². The van der Waals surface area contributed by atoms with Gasteiger partial charge < -0.3 is 4.74 Å². The minimum absolute atomic E-state index is 0.00351. The molecule has 1 heterocycles. The fourth-order valence-corrected chi connectivity index (χ4v) is 3.42. The lowest BCUT2D eigenvalue weighted by molar-refractivity contribution is -0.142. The topological polar surface area (TPSA) is 87.2 Å². The van der Waals surface area contributed by atoms with Crippen LogP contribution in [0, 0.1) is 12.0 Å². The molecule has 0 spiro atoms. The van der Waals surface area contributed by atoms with E-state index in [0.717, 1.165) is 0 Å². The number of ether oxygens (including phenoxy) is 1. The number of aromatic nitrogens is 2. The summed E-state index contributed by atoms with van der Waals surface area (Å²) >= 11 is 0. The molecule has 0 saturated heterocycles. The van der Waals surface area contributed by atoms with Gasteiger partial charge >= 0.3 is 6.18 Å². The smallest absolute Gasteiger partial charge is 0.434 e. The summed E-state index contributed by atoms with van der Waals surface area (Å²) < 4.78 is 70.5. The number of methoxy groups -OCH3 is 1. The van der Waals surface area contributed by atoms with Crippen LogP contribution in [0.5, 0.6) is 5.75 Å². The molecule has 0 unspecified atom stereocenters. The monoisotopic (exact) mass is 435 g/mol. The van der Waals surface area contributed by atoms with Gasteiger partial charge in [-0.1, -0.05) is 30.2 Å². The van der Waals surface area contributed by atoms with Gasteiger partial charge in [-0.15, -0.1) is 0 Å². The van der Waals surface area contributed by atoms with Crippen LogP contribution in [0.25, 0.3) is 22.4 Å². The zero-order valence-corrected chi connectivity index (χ0v) is 16.7. The molecule has 0 bridgehead atoms. The van der Waals surface area contributed by atoms with E-state index in [2.05, 4.69) is 17.1 Å². The lowest BCUT2D eigenvalue weighted by Crippen LogP contribution is -2.13. The maximum absolute atomic E-state index is 14.0. The summed E-state index contributed by atoms with van der Waals surface area (Å²) in [5.41, 5.74) is -0.701. The molecule has 6 nitrogen and oxygen atoms in total. The van der Waals surface area contributed by atoms with E-state index >= 15 is 0 Å². The minimum Gasteiger partial charge on any atom is -0.497 e. The van der Waals surface area contributed by atoms with Crippen LogP contribution >= 0.6 is 0 Å². The van der Waals surface area contributed by atoms with E-state index < -0.39 is 21.9 Å². The van der Waals surface area contributed by atoms with Gasteiger partial charge in [0.05, 0.1) is 12.0 Å². The van der Waals surface area contributed by atoms with E-state index in [-0.39, 0.29) is 27.3 Å². The van der Waals surface area contributed by atoms with E-state index in [1.54, 1.807) is 0 Å². The highest BCUT2D eigenvalue weighted by Gasteiger charge is 2.40. The number of primary sulfonamides is 1. The molecule has 2 N–H and O–H groups in total. The molecule has 0 aliphatic carbocycles. The van der Waals surface area contributed by atoms with Crippen molar-refractivity contribution in [1.82, 2.24) is 9.78 Å². The van der Waals surface area contributed by atoms with Crippen molar-refractivity contribution in [1.29, 1.82) is 0 Å². The Balaban J connectivity index is 2.32. The first-order chi connectivity index (χ1) is 14.1. The first-order valence-corrected chi connectivity index (χ1v) is 10.0. The predicted octanol–water partition coefficient (Wildman–Crippen LogP) is 3.72. The average molecular weight is 435 g/mol. The molecule has 0 atom stereocenters. The SMILES string of the molecule is CC#Cn1nc(-c2ccc(S(N)(=O)=O)cc2)c(-c2ccc(OC)cc2)c1C(F)(F)F. The normalized spacial score (nSPS) is 11.7. The van der Waals surface area contributed by atoms with Gasteiger partial charge in [0.25, 0.3) is 0 Å². The number of rotatable bonds is 4. The molecule has 0 radical (unpaired) electrons. The van der Waals surface area contributed by atoms with Gasteiger partial charge in [-0.05, 0) is 36.8 Å². The first kappa shape index (κ1) is 21.4. The van der Waals surface area contributed by atoms with Crippen molar-refractivity contribution in [2.45, 2.75) is 18.0 Å². The highest BCUT2D eigenvalue weighted by molar-refractivity contribution is 7.89. The van der Waals surface area contributed by atoms with Crippen molar-refractivity contribution >= 4 is 10.0 Å². The van der Waals surface area contributed by atoms with Gasteiger partial charge in [-0.2, -0.15) is 23.0 Å². The molecule has 0 aliphatic heterocycles. The van der Waals surface area contributed by atoms with Crippen molar-refractivity contribution in [2.75, 3.05) is 7.11 Å². The van der Waals surface area contributed by atoms with Gasteiger partial charge in [0.15, 0.2) is 5.69 Å². The van der Waals surface area contributed by atoms with Gasteiger partial charge in [0.1, 0.15) is 11.4 Å². The van der Waals surface area contributed by atoms with Crippen LogP contribution < -0.4 is 9.88 Å². The Kier molecular flexibility index (Phi) is 5.61. The molecular weight excluding hydrogens is 419 g/mol. The maximum Gasteiger partial charge on any atom is 0.434 e. The zero-order valence-electron chi connectivity index (χ0n) is 15.9. The maximum atomic E-state index is 14.0. The van der Waals surface area contributed by atoms with Gasteiger partial charge in [0.2, 0.25) is 10.0 Å². The van der Waals surface area contributed by atoms with Crippen molar-refractivity contribution in [2.24, 2.45) is 5.14 Å². The standard InChI is InChI=1S/C20H16F3N3O3S/c1-3-12-26-19(20(21,22)23)17(13-4-8-15(29-2)9-5-13)18(25-26)14-6-10-16(11-7-14)30(24,27)28/h4-11H,1-2H3,(H2,24,27,28). The van der Waals surface area contributed by atoms with Crippen molar-refractivity contribution in [3.63, 3.8) is 0 Å². The summed E-state index contributed by atoms with van der Waals surface area (Å²) in [5, 5.41) is 9.15. The van der Waals surface area contributed by atoms with Crippen molar-refractivity contribution in [3.8, 4) is 40.1 Å². The van der Waals surface area contributed by atoms with Crippen molar-refractivity contribution < 1.29 is 26.3 Å². The molecule has 3 rings (SSSR count). The number of sulfonamides is 1. The molecule has 30 heavy (non-hydrogen) atoms. The van der Waals surface area contributed by atoms with Crippen LogP contribution in [-0.2, 0) is 16.2 Å². The molecule has 10 heteroatoms. The van der Waals surface area contributed by atoms with Gasteiger partial charge in [0, 0.05) is 17.2 Å². The highest BCUT2D eigenvalue weighted by Crippen LogP contribution is 2.42. The Bertz CT molecular complexity index is 1240. The number of halogens is 3. The van der Waals surface area contributed by atoms with Gasteiger partial charge in [-0.25, -0.2) is 13.6 Å². The van der Waals surface area contributed by atoms with E-state index in [1.807, 2.05) is 0 Å². The van der Waals surface area contributed by atoms with Crippen molar-refractivity contribution in [3.05, 3.63) is 54.2 Å². The number of hydrogen-bond acceptors (Lipinski definition) is 4. The Morgan fingerprint density at radius 3 is 2.07 bits per heavy atom. The predicted molar refractivity (Wildman–Crippen MR) is 105 cm³/mol. The third-order valence-corrected chi connectivity index (χ3v) is 5.14. The molecule has 0 saturated carbocycles. The van der Waals surface area contributed by atoms with Crippen LogP contribution in [0.15, 0.2) is 53.4 Å². The lowest BCUT2D eigenvalue weighted by atomic mass is 9.98. The Morgan fingerprint density at radius 1 is 1.03 bits per heavy atom. The molecule has 3 aromatic rings. The number of nitrogens with zero attached hydrogens (tertiary/aromatic N) is 2. The van der Waals surface area contributed by atoms with Crippen LogP contribution in [-0.4, -0.2) is 25.3 Å². The molecular formula is C20H16F3N3O3S. The Hall–Kier alpha value is -3.29. The summed E-state index contributed by atoms with van der Waals surface area (Å²) in [6.45, 7) is 1.40. The summed E-state index contributed by atoms with van der Waals surface area (Å²) in [4.78, 5) is -0.166. The largest absolute Gasteiger partial charge is 0.497 e. The van der Waals surface area contributed by atoms with Crippen LogP contribution in [0.4, 0.5) is 13.2 Å². The Morgan fingerprint density at radius 2 is 1.60 bits per heavy atom. The number of benzene rings is 2. The van der Waals surface area contributed by atoms with E-state index in [1.165, 1.54) is 62.6 Å². The average Bonchev–Trinajstić information content (AvgIpc) is 3.07. The second-order valence-electron chi connectivity index (χ2n) is 6.14. The van der Waals surface area contributed by atoms with Gasteiger partial charge in [-0.3, -0.25) is 0 Å². The lowest BCUT2D eigenvalue weighted by Gasteiger charge is -2.11. The second-order valence-corrected chi connectivity index (χ2v) is 7.70. The van der Waals surface area contributed by atoms with Crippen LogP contribution in [0.3, 0.4) is 0 Å². The van der Waals surface area contributed by atoms with E-state index in [0.29, 0.717) is 10.4 Å². The molecule has 1 aromatic heterocycles. The number of alkyl halides is 3. The highest BCUT2D eigenvalue weighted by atomic mass is 32.2. The molecule has 0 aliphatic rings. The summed E-state index contributed by atoms with van der Waals surface area (Å²) in [6, 6.07) is 13.5. The number of nitrogens with two attached hydrogens (primary N) is 1. The summed E-state index contributed by atoms with van der Waals surface area (Å²) in [7, 11) is -2.50. The third-order valence-electron chi connectivity index (χ3n) is 4.21. The summed E-state index contributed by atoms with van der Waals surface area (Å²) in [5.74, 6) is 2.90. The minimum atomic E-state index is -4.75. The van der Waals surface area contributed by atoms with E-state index in [4.69, 9.17) is 9.88 Å². The zero-order chi connectivity index (χ0) is 22.1. The summed E-state index contributed by atoms with van der Waals surface area (Å²) in [6.07, 6.45) is -4.75. The molecule has 2 aromatic carbocycles. The molecule has 0 fully saturated rings. The first-order valence-electron chi connectivity index (χ1n) is 8.47. The molecule has 0 amide bonds. The second kappa shape index (κ2) is 7.85.